The zero-order valence-electron chi connectivity index (χ0n) is 9.28. The first-order valence-corrected chi connectivity index (χ1v) is 7.10. The lowest BCUT2D eigenvalue weighted by atomic mass is 9.87. The molecule has 1 atom stereocenters. The number of carboxylic acid groups (broad SMARTS) is 1. The smallest absolute Gasteiger partial charge is 0.304 e. The van der Waals surface area contributed by atoms with E-state index in [-0.39, 0.29) is 11.7 Å². The zero-order valence-corrected chi connectivity index (χ0v) is 10.1. The molecule has 4 heteroatoms. The Balaban J connectivity index is 2.27. The maximum absolute atomic E-state index is 11.7. The first-order chi connectivity index (χ1) is 7.13. The van der Waals surface area contributed by atoms with Crippen LogP contribution in [0, 0.1) is 5.92 Å². The summed E-state index contributed by atoms with van der Waals surface area (Å²) in [6.45, 7) is 2.20. The van der Waals surface area contributed by atoms with E-state index >= 15 is 0 Å². The average Bonchev–Trinajstić information content (AvgIpc) is 2.26. The minimum atomic E-state index is -0.925. The van der Waals surface area contributed by atoms with Gasteiger partial charge in [0.15, 0.2) is 0 Å². The van der Waals surface area contributed by atoms with Crippen LogP contribution in [0.1, 0.15) is 45.4 Å². The summed E-state index contributed by atoms with van der Waals surface area (Å²) < 4.78 is 11.7. The van der Waals surface area contributed by atoms with Crippen molar-refractivity contribution in [2.75, 3.05) is 5.75 Å². The molecule has 1 aliphatic carbocycles. The van der Waals surface area contributed by atoms with Crippen LogP contribution in [0.15, 0.2) is 0 Å². The van der Waals surface area contributed by atoms with Gasteiger partial charge in [0.05, 0.1) is 6.42 Å². The molecular weight excluding hydrogens is 212 g/mol. The van der Waals surface area contributed by atoms with Crippen molar-refractivity contribution < 1.29 is 14.1 Å². The van der Waals surface area contributed by atoms with Gasteiger partial charge in [-0.3, -0.25) is 9.00 Å². The fourth-order valence-corrected chi connectivity index (χ4v) is 3.66. The average molecular weight is 232 g/mol. The van der Waals surface area contributed by atoms with Crippen LogP contribution in [0.2, 0.25) is 0 Å². The lowest BCUT2D eigenvalue weighted by Gasteiger charge is -2.26. The Hall–Kier alpha value is -0.380. The Kier molecular flexibility index (Phi) is 5.29. The molecule has 1 fully saturated rings. The molecule has 0 saturated heterocycles. The number of rotatable bonds is 5. The number of carboxylic acids is 1. The molecule has 0 aromatic rings. The Morgan fingerprint density at radius 3 is 2.40 bits per heavy atom. The maximum atomic E-state index is 11.7. The van der Waals surface area contributed by atoms with Crippen LogP contribution < -0.4 is 0 Å². The maximum Gasteiger partial charge on any atom is 0.304 e. The molecule has 3 nitrogen and oxygen atoms in total. The Morgan fingerprint density at radius 2 is 1.93 bits per heavy atom. The van der Waals surface area contributed by atoms with Crippen molar-refractivity contribution in [2.45, 2.75) is 50.7 Å². The van der Waals surface area contributed by atoms with E-state index in [1.807, 2.05) is 0 Å². The van der Waals surface area contributed by atoms with Gasteiger partial charge in [0, 0.05) is 21.8 Å². The monoisotopic (exact) mass is 232 g/mol. The van der Waals surface area contributed by atoms with E-state index in [0.717, 1.165) is 18.8 Å². The third-order valence-electron chi connectivity index (χ3n) is 3.26. The Morgan fingerprint density at radius 1 is 1.33 bits per heavy atom. The van der Waals surface area contributed by atoms with Gasteiger partial charge < -0.3 is 5.11 Å². The molecular formula is C11H20O3S. The lowest BCUT2D eigenvalue weighted by Crippen LogP contribution is -2.25. The lowest BCUT2D eigenvalue weighted by molar-refractivity contribution is -0.136. The highest BCUT2D eigenvalue weighted by molar-refractivity contribution is 7.85. The summed E-state index contributed by atoms with van der Waals surface area (Å²) >= 11 is 0. The van der Waals surface area contributed by atoms with Gasteiger partial charge in [0.2, 0.25) is 0 Å². The SMILES string of the molecule is CCC1CCC(S(=O)CCC(=O)O)CC1. The number of aliphatic carboxylic acids is 1. The molecule has 1 saturated carbocycles. The highest BCUT2D eigenvalue weighted by Gasteiger charge is 2.24. The van der Waals surface area contributed by atoms with Crippen LogP contribution in [-0.2, 0) is 15.6 Å². The molecule has 1 aliphatic rings. The summed E-state index contributed by atoms with van der Waals surface area (Å²) in [5.74, 6) is 0.292. The van der Waals surface area contributed by atoms with Crippen LogP contribution in [0.3, 0.4) is 0 Å². The first-order valence-electron chi connectivity index (χ1n) is 5.72. The predicted molar refractivity (Wildman–Crippen MR) is 61.3 cm³/mol. The van der Waals surface area contributed by atoms with Crippen LogP contribution >= 0.6 is 0 Å². The summed E-state index contributed by atoms with van der Waals surface area (Å²) in [5, 5.41) is 8.76. The minimum absolute atomic E-state index is 0.0420. The van der Waals surface area contributed by atoms with Gasteiger partial charge in [-0.15, -0.1) is 0 Å². The van der Waals surface area contributed by atoms with E-state index in [9.17, 15) is 9.00 Å². The second kappa shape index (κ2) is 6.26. The third-order valence-corrected chi connectivity index (χ3v) is 5.08. The van der Waals surface area contributed by atoms with E-state index in [1.165, 1.54) is 19.3 Å². The minimum Gasteiger partial charge on any atom is -0.481 e. The van der Waals surface area contributed by atoms with Crippen molar-refractivity contribution in [3.8, 4) is 0 Å². The topological polar surface area (TPSA) is 54.4 Å². The van der Waals surface area contributed by atoms with Crippen molar-refractivity contribution >= 4 is 16.8 Å². The fraction of sp³-hybridized carbons (Fsp3) is 0.909. The molecule has 1 unspecified atom stereocenters. The molecule has 15 heavy (non-hydrogen) atoms. The largest absolute Gasteiger partial charge is 0.481 e. The molecule has 0 aromatic heterocycles. The van der Waals surface area contributed by atoms with Crippen molar-refractivity contribution in [3.63, 3.8) is 0 Å². The molecule has 0 radical (unpaired) electrons. The van der Waals surface area contributed by atoms with Crippen molar-refractivity contribution in [2.24, 2.45) is 5.92 Å². The van der Waals surface area contributed by atoms with Gasteiger partial charge in [0.1, 0.15) is 0 Å². The predicted octanol–water partition coefficient (Wildman–Crippen LogP) is 2.18. The third kappa shape index (κ3) is 4.33. The van der Waals surface area contributed by atoms with Crippen molar-refractivity contribution in [1.82, 2.24) is 0 Å². The van der Waals surface area contributed by atoms with E-state index in [1.54, 1.807) is 0 Å². The van der Waals surface area contributed by atoms with E-state index < -0.39 is 16.8 Å². The summed E-state index contributed by atoms with van der Waals surface area (Å²) in [5.41, 5.74) is 0. The molecule has 1 N–H and O–H groups in total. The van der Waals surface area contributed by atoms with Crippen LogP contribution in [0.25, 0.3) is 0 Å². The van der Waals surface area contributed by atoms with Crippen LogP contribution in [-0.4, -0.2) is 26.3 Å². The van der Waals surface area contributed by atoms with Crippen molar-refractivity contribution in [1.29, 1.82) is 0 Å². The van der Waals surface area contributed by atoms with Crippen LogP contribution in [0.4, 0.5) is 0 Å². The van der Waals surface area contributed by atoms with Gasteiger partial charge in [-0.2, -0.15) is 0 Å². The summed E-state index contributed by atoms with van der Waals surface area (Å²) in [6.07, 6.45) is 5.63. The van der Waals surface area contributed by atoms with E-state index in [4.69, 9.17) is 5.11 Å². The Bertz CT molecular complexity index is 232. The van der Waals surface area contributed by atoms with E-state index in [0.29, 0.717) is 5.75 Å². The molecule has 1 rings (SSSR count). The quantitative estimate of drug-likeness (QED) is 0.790. The summed E-state index contributed by atoms with van der Waals surface area (Å²) in [7, 11) is -0.925. The molecule has 0 aliphatic heterocycles. The number of hydrogen-bond acceptors (Lipinski definition) is 2. The molecule has 0 spiro atoms. The zero-order chi connectivity index (χ0) is 11.3. The van der Waals surface area contributed by atoms with Gasteiger partial charge >= 0.3 is 5.97 Å². The second-order valence-electron chi connectivity index (χ2n) is 4.28. The van der Waals surface area contributed by atoms with Crippen molar-refractivity contribution in [3.05, 3.63) is 0 Å². The second-order valence-corrected chi connectivity index (χ2v) is 6.12. The molecule has 0 aromatic carbocycles. The molecule has 0 heterocycles. The highest BCUT2D eigenvalue weighted by atomic mass is 32.2. The Labute approximate surface area is 93.7 Å². The van der Waals surface area contributed by atoms with Crippen LogP contribution in [0.5, 0.6) is 0 Å². The first kappa shape index (κ1) is 12.7. The normalized spacial score (nSPS) is 28.6. The summed E-state index contributed by atoms with van der Waals surface area (Å²) in [4.78, 5) is 10.4. The van der Waals surface area contributed by atoms with Gasteiger partial charge in [-0.1, -0.05) is 13.3 Å². The highest BCUT2D eigenvalue weighted by Crippen LogP contribution is 2.29. The number of carbonyl (C=O) groups is 1. The molecule has 0 bridgehead atoms. The van der Waals surface area contributed by atoms with E-state index in [2.05, 4.69) is 6.92 Å². The molecule has 0 amide bonds. The van der Waals surface area contributed by atoms with Gasteiger partial charge in [-0.25, -0.2) is 0 Å². The standard InChI is InChI=1S/C11H20O3S/c1-2-9-3-5-10(6-4-9)15(14)8-7-11(12)13/h9-10H,2-8H2,1H3,(H,12,13). The molecule has 88 valence electrons. The van der Waals surface area contributed by atoms with Gasteiger partial charge in [-0.05, 0) is 31.6 Å². The number of hydrogen-bond donors (Lipinski definition) is 1. The summed E-state index contributed by atoms with van der Waals surface area (Å²) in [6, 6.07) is 0. The van der Waals surface area contributed by atoms with Gasteiger partial charge in [0.25, 0.3) is 0 Å². The fourth-order valence-electron chi connectivity index (χ4n) is 2.16.